The van der Waals surface area contributed by atoms with Crippen LogP contribution in [0, 0.1) is 0 Å². The zero-order valence-corrected chi connectivity index (χ0v) is 10.5. The fourth-order valence-corrected chi connectivity index (χ4v) is 2.37. The molecular formula is C10H14ClN3OS. The highest BCUT2D eigenvalue weighted by Crippen LogP contribution is 2.26. The number of carbonyl (C=O) groups is 1. The molecule has 0 bridgehead atoms. The van der Waals surface area contributed by atoms with E-state index in [1.165, 1.54) is 6.42 Å². The van der Waals surface area contributed by atoms with Crippen molar-refractivity contribution in [2.24, 2.45) is 0 Å². The smallest absolute Gasteiger partial charge is 0.267 e. The van der Waals surface area contributed by atoms with Gasteiger partial charge in [-0.25, -0.2) is 0 Å². The zero-order chi connectivity index (χ0) is 11.4. The Bertz CT molecular complexity index is 340. The van der Waals surface area contributed by atoms with E-state index in [9.17, 15) is 4.79 Å². The van der Waals surface area contributed by atoms with Crippen LogP contribution in [-0.4, -0.2) is 38.9 Å². The van der Waals surface area contributed by atoms with E-state index in [0.717, 1.165) is 37.3 Å². The highest BCUT2D eigenvalue weighted by molar-refractivity contribution is 7.07. The Morgan fingerprint density at radius 1 is 1.62 bits per heavy atom. The monoisotopic (exact) mass is 259 g/mol. The largest absolute Gasteiger partial charge is 0.335 e. The minimum Gasteiger partial charge on any atom is -0.335 e. The van der Waals surface area contributed by atoms with Crippen LogP contribution >= 0.6 is 23.1 Å². The predicted octanol–water partition coefficient (Wildman–Crippen LogP) is 2.16. The van der Waals surface area contributed by atoms with Crippen molar-refractivity contribution in [1.29, 1.82) is 0 Å². The molecule has 0 aromatic carbocycles. The first-order valence-corrected chi connectivity index (χ1v) is 6.78. The number of carbonyl (C=O) groups excluding carboxylic acids is 1. The van der Waals surface area contributed by atoms with Crippen LogP contribution in [0.4, 0.5) is 0 Å². The average molecular weight is 260 g/mol. The minimum absolute atomic E-state index is 0.0600. The van der Waals surface area contributed by atoms with Crippen molar-refractivity contribution in [3.05, 3.63) is 11.1 Å². The van der Waals surface area contributed by atoms with Crippen LogP contribution in [0.2, 0.25) is 0 Å². The summed E-state index contributed by atoms with van der Waals surface area (Å²) in [6.07, 6.45) is 5.83. The standard InChI is InChI=1S/C10H14ClN3OS/c11-5-2-6-14(8-3-1-4-8)10(15)9-7-12-13-16-9/h7-8H,1-6H2. The maximum atomic E-state index is 12.2. The van der Waals surface area contributed by atoms with Gasteiger partial charge >= 0.3 is 0 Å². The third kappa shape index (κ3) is 2.52. The van der Waals surface area contributed by atoms with Crippen molar-refractivity contribution in [2.75, 3.05) is 12.4 Å². The molecule has 1 heterocycles. The first-order chi connectivity index (χ1) is 7.83. The summed E-state index contributed by atoms with van der Waals surface area (Å²) in [5.41, 5.74) is 0. The molecule has 2 rings (SSSR count). The first-order valence-electron chi connectivity index (χ1n) is 5.47. The Balaban J connectivity index is 2.02. The van der Waals surface area contributed by atoms with E-state index in [4.69, 9.17) is 11.6 Å². The molecule has 0 saturated heterocycles. The molecule has 1 aliphatic carbocycles. The summed E-state index contributed by atoms with van der Waals surface area (Å²) in [6, 6.07) is 0.401. The molecule has 1 saturated carbocycles. The molecule has 1 aromatic heterocycles. The Kier molecular flexibility index (Phi) is 4.12. The molecule has 88 valence electrons. The van der Waals surface area contributed by atoms with Gasteiger partial charge < -0.3 is 4.90 Å². The average Bonchev–Trinajstić information content (AvgIpc) is 2.73. The van der Waals surface area contributed by atoms with E-state index in [1.54, 1.807) is 6.20 Å². The van der Waals surface area contributed by atoms with Crippen LogP contribution in [0.25, 0.3) is 0 Å². The van der Waals surface area contributed by atoms with Gasteiger partial charge in [0, 0.05) is 18.5 Å². The Labute approximate surface area is 104 Å². The van der Waals surface area contributed by atoms with Crippen molar-refractivity contribution < 1.29 is 4.79 Å². The molecule has 0 radical (unpaired) electrons. The SMILES string of the molecule is O=C(c1cnns1)N(CCCCl)C1CCC1. The molecular weight excluding hydrogens is 246 g/mol. The van der Waals surface area contributed by atoms with Gasteiger partial charge in [0.1, 0.15) is 4.88 Å². The van der Waals surface area contributed by atoms with E-state index in [2.05, 4.69) is 9.59 Å². The fraction of sp³-hybridized carbons (Fsp3) is 0.700. The van der Waals surface area contributed by atoms with Crippen LogP contribution < -0.4 is 0 Å². The van der Waals surface area contributed by atoms with E-state index in [1.807, 2.05) is 4.90 Å². The van der Waals surface area contributed by atoms with Crippen molar-refractivity contribution in [3.63, 3.8) is 0 Å². The topological polar surface area (TPSA) is 46.1 Å². The molecule has 1 aliphatic rings. The molecule has 0 atom stereocenters. The van der Waals surface area contributed by atoms with Crippen LogP contribution in [-0.2, 0) is 0 Å². The number of halogens is 1. The van der Waals surface area contributed by atoms with E-state index >= 15 is 0 Å². The number of aromatic nitrogens is 2. The molecule has 1 aromatic rings. The summed E-state index contributed by atoms with van der Waals surface area (Å²) in [5, 5.41) is 3.70. The Morgan fingerprint density at radius 2 is 2.44 bits per heavy atom. The lowest BCUT2D eigenvalue weighted by molar-refractivity contribution is 0.0585. The molecule has 1 amide bonds. The Hall–Kier alpha value is -0.680. The van der Waals surface area contributed by atoms with Gasteiger partial charge in [-0.3, -0.25) is 4.79 Å². The van der Waals surface area contributed by atoms with Gasteiger partial charge in [-0.2, -0.15) is 0 Å². The van der Waals surface area contributed by atoms with Crippen molar-refractivity contribution >= 4 is 29.0 Å². The zero-order valence-electron chi connectivity index (χ0n) is 8.93. The molecule has 0 spiro atoms. The highest BCUT2D eigenvalue weighted by Gasteiger charge is 2.29. The molecule has 0 unspecified atom stereocenters. The van der Waals surface area contributed by atoms with Gasteiger partial charge in [-0.05, 0) is 37.2 Å². The number of rotatable bonds is 5. The van der Waals surface area contributed by atoms with Crippen molar-refractivity contribution in [3.8, 4) is 0 Å². The normalized spacial score (nSPS) is 15.8. The second kappa shape index (κ2) is 5.59. The quantitative estimate of drug-likeness (QED) is 0.762. The van der Waals surface area contributed by atoms with Gasteiger partial charge in [-0.1, -0.05) is 4.49 Å². The second-order valence-corrected chi connectivity index (χ2v) is 5.07. The van der Waals surface area contributed by atoms with Crippen molar-refractivity contribution in [2.45, 2.75) is 31.7 Å². The second-order valence-electron chi connectivity index (χ2n) is 3.91. The minimum atomic E-state index is 0.0600. The summed E-state index contributed by atoms with van der Waals surface area (Å²) in [7, 11) is 0. The third-order valence-electron chi connectivity index (χ3n) is 2.88. The lowest BCUT2D eigenvalue weighted by Crippen LogP contribution is -2.44. The number of hydrogen-bond acceptors (Lipinski definition) is 4. The summed E-state index contributed by atoms with van der Waals surface area (Å²) in [5.74, 6) is 0.655. The van der Waals surface area contributed by atoms with E-state index < -0.39 is 0 Å². The van der Waals surface area contributed by atoms with Gasteiger partial charge in [0.25, 0.3) is 5.91 Å². The summed E-state index contributed by atoms with van der Waals surface area (Å²) in [6.45, 7) is 0.741. The first kappa shape index (κ1) is 11.8. The maximum Gasteiger partial charge on any atom is 0.267 e. The van der Waals surface area contributed by atoms with Crippen LogP contribution in [0.3, 0.4) is 0 Å². The van der Waals surface area contributed by atoms with Crippen molar-refractivity contribution in [1.82, 2.24) is 14.5 Å². The van der Waals surface area contributed by atoms with Crippen LogP contribution in [0.15, 0.2) is 6.20 Å². The Morgan fingerprint density at radius 3 is 2.94 bits per heavy atom. The van der Waals surface area contributed by atoms with E-state index in [0.29, 0.717) is 16.8 Å². The lowest BCUT2D eigenvalue weighted by Gasteiger charge is -2.37. The third-order valence-corrected chi connectivity index (χ3v) is 3.80. The molecule has 4 nitrogen and oxygen atoms in total. The van der Waals surface area contributed by atoms with Crippen LogP contribution in [0.1, 0.15) is 35.4 Å². The van der Waals surface area contributed by atoms with Gasteiger partial charge in [0.2, 0.25) is 0 Å². The maximum absolute atomic E-state index is 12.2. The summed E-state index contributed by atoms with van der Waals surface area (Å²) in [4.78, 5) is 14.7. The predicted molar refractivity (Wildman–Crippen MR) is 63.9 cm³/mol. The lowest BCUT2D eigenvalue weighted by atomic mass is 9.91. The number of alkyl halides is 1. The highest BCUT2D eigenvalue weighted by atomic mass is 35.5. The molecule has 0 aliphatic heterocycles. The van der Waals surface area contributed by atoms with Crippen LogP contribution in [0.5, 0.6) is 0 Å². The summed E-state index contributed by atoms with van der Waals surface area (Å²) < 4.78 is 3.73. The number of nitrogens with zero attached hydrogens (tertiary/aromatic N) is 3. The van der Waals surface area contributed by atoms with Gasteiger partial charge in [-0.15, -0.1) is 16.7 Å². The number of amides is 1. The fourth-order valence-electron chi connectivity index (χ4n) is 1.78. The van der Waals surface area contributed by atoms with Gasteiger partial charge in [0.05, 0.1) is 6.20 Å². The molecule has 6 heteroatoms. The summed E-state index contributed by atoms with van der Waals surface area (Å²) >= 11 is 6.84. The molecule has 16 heavy (non-hydrogen) atoms. The van der Waals surface area contributed by atoms with E-state index in [-0.39, 0.29) is 5.91 Å². The number of hydrogen-bond donors (Lipinski definition) is 0. The van der Waals surface area contributed by atoms with Gasteiger partial charge in [0.15, 0.2) is 0 Å². The molecule has 0 N–H and O–H groups in total. The molecule has 1 fully saturated rings.